The number of nitrogens with one attached hydrogen (secondary N) is 1. The molecule has 0 saturated heterocycles. The molecule has 0 bridgehead atoms. The van der Waals surface area contributed by atoms with Crippen LogP contribution < -0.4 is 16.0 Å². The van der Waals surface area contributed by atoms with E-state index in [2.05, 4.69) is 20.2 Å². The van der Waals surface area contributed by atoms with Crippen LogP contribution in [0.1, 0.15) is 45.2 Å². The third kappa shape index (κ3) is 10.0. The van der Waals surface area contributed by atoms with Crippen molar-refractivity contribution in [2.75, 3.05) is 32.6 Å². The van der Waals surface area contributed by atoms with E-state index in [1.165, 1.54) is 45.5 Å². The summed E-state index contributed by atoms with van der Waals surface area (Å²) in [7, 11) is 1.36. The first-order valence-electron chi connectivity index (χ1n) is 15.0. The second kappa shape index (κ2) is 16.6. The number of amides is 4. The zero-order valence-electron chi connectivity index (χ0n) is 27.4. The average molecular weight is 738 g/mol. The summed E-state index contributed by atoms with van der Waals surface area (Å²) in [6.45, 7) is 3.44. The normalized spacial score (nSPS) is 18.9. The van der Waals surface area contributed by atoms with E-state index in [1.807, 2.05) is 14.0 Å². The number of hydrogen-bond donors (Lipinski definition) is 3. The molecule has 15 nitrogen and oxygen atoms in total. The molecule has 3 aromatic rings. The number of thiazole rings is 1. The van der Waals surface area contributed by atoms with Crippen molar-refractivity contribution in [2.24, 2.45) is 11.7 Å². The highest BCUT2D eigenvalue weighted by Crippen LogP contribution is 2.33. The zero-order valence-corrected chi connectivity index (χ0v) is 29.8. The molecule has 18 heteroatoms. The number of nitrogens with two attached hydrogens (primary N) is 1. The minimum absolute atomic E-state index is 0. The summed E-state index contributed by atoms with van der Waals surface area (Å²) in [5.74, 6) is -2.73. The van der Waals surface area contributed by atoms with Crippen LogP contribution in [0.15, 0.2) is 47.5 Å². The Labute approximate surface area is 293 Å². The molecule has 1 fully saturated rings. The Kier molecular flexibility index (Phi) is 13.4. The molecule has 1 saturated carbocycles. The van der Waals surface area contributed by atoms with Gasteiger partial charge in [0.15, 0.2) is 5.01 Å². The molecule has 5 rings (SSSR count). The Balaban J connectivity index is 0.000000462. The van der Waals surface area contributed by atoms with Gasteiger partial charge in [0.1, 0.15) is 5.82 Å². The number of aryl methyl sites for hydroxylation is 1. The number of likely N-dealkylation sites (N-methyl/N-ethyl adjacent to an activating group) is 1. The summed E-state index contributed by atoms with van der Waals surface area (Å²) in [4.78, 5) is 65.8. The molecule has 4 amide bonds. The van der Waals surface area contributed by atoms with Gasteiger partial charge in [0, 0.05) is 50.6 Å². The number of anilines is 1. The molecule has 266 valence electrons. The number of aromatic nitrogens is 2. The maximum Gasteiger partial charge on any atom is 0.317 e. The molecule has 1 aliphatic carbocycles. The lowest BCUT2D eigenvalue weighted by atomic mass is 9.80. The van der Waals surface area contributed by atoms with Crippen molar-refractivity contribution in [3.8, 4) is 0 Å². The van der Waals surface area contributed by atoms with E-state index in [-0.39, 0.29) is 40.3 Å². The largest absolute Gasteiger partial charge is 0.412 e. The molecule has 3 atom stereocenters. The first kappa shape index (κ1) is 39.4. The predicted molar refractivity (Wildman–Crippen MR) is 184 cm³/mol. The summed E-state index contributed by atoms with van der Waals surface area (Å²) >= 11 is 7.32. The van der Waals surface area contributed by atoms with Gasteiger partial charge in [0.05, 0.1) is 27.7 Å². The number of carbonyl (C=O) groups excluding carboxylic acids is 4. The highest BCUT2D eigenvalue weighted by Gasteiger charge is 2.42. The smallest absolute Gasteiger partial charge is 0.317 e. The minimum Gasteiger partial charge on any atom is -0.412 e. The van der Waals surface area contributed by atoms with Gasteiger partial charge in [0.2, 0.25) is 5.91 Å². The minimum atomic E-state index is -4.02. The predicted octanol–water partition coefficient (Wildman–Crippen LogP) is 1.47. The second-order valence-electron chi connectivity index (χ2n) is 11.9. The van der Waals surface area contributed by atoms with Crippen molar-refractivity contribution >= 4 is 62.5 Å². The van der Waals surface area contributed by atoms with Crippen molar-refractivity contribution in [1.29, 1.82) is 0 Å². The van der Waals surface area contributed by atoms with Crippen LogP contribution in [0, 0.1) is 12.8 Å². The van der Waals surface area contributed by atoms with Crippen LogP contribution in [-0.2, 0) is 37.5 Å². The second-order valence-corrected chi connectivity index (χ2v) is 14.9. The molecule has 1 aliphatic heterocycles. The fourth-order valence-electron chi connectivity index (χ4n) is 5.62. The van der Waals surface area contributed by atoms with E-state index >= 15 is 0 Å². The van der Waals surface area contributed by atoms with Gasteiger partial charge >= 0.3 is 11.8 Å². The van der Waals surface area contributed by atoms with Crippen molar-refractivity contribution < 1.29 is 37.6 Å². The van der Waals surface area contributed by atoms with E-state index < -0.39 is 34.0 Å². The maximum atomic E-state index is 13.4. The van der Waals surface area contributed by atoms with Crippen molar-refractivity contribution in [1.82, 2.24) is 25.1 Å². The van der Waals surface area contributed by atoms with Crippen LogP contribution in [0.5, 0.6) is 0 Å². The summed E-state index contributed by atoms with van der Waals surface area (Å²) < 4.78 is 29.6. The number of primary amides is 1. The Morgan fingerprint density at radius 1 is 1.10 bits per heavy atom. The van der Waals surface area contributed by atoms with Crippen LogP contribution in [0.2, 0.25) is 5.02 Å². The summed E-state index contributed by atoms with van der Waals surface area (Å²) in [6, 6.07) is 7.74. The Morgan fingerprint density at radius 2 is 1.78 bits per heavy atom. The van der Waals surface area contributed by atoms with Gasteiger partial charge in [-0.05, 0) is 57.5 Å². The monoisotopic (exact) mass is 737 g/mol. The molecule has 2 aromatic heterocycles. The fourth-order valence-corrected chi connectivity index (χ4v) is 7.31. The lowest BCUT2D eigenvalue weighted by molar-refractivity contribution is -0.136. The summed E-state index contributed by atoms with van der Waals surface area (Å²) in [5.41, 5.74) is 7.26. The van der Waals surface area contributed by atoms with E-state index in [1.54, 1.807) is 32.3 Å². The molecule has 2 aliphatic rings. The Hall–Kier alpha value is -4.00. The first-order valence-corrected chi connectivity index (χ1v) is 17.7. The lowest BCUT2D eigenvalue weighted by Gasteiger charge is -2.41. The molecular formula is C31H40ClN7O8S2. The zero-order chi connectivity index (χ0) is 35.3. The van der Waals surface area contributed by atoms with Gasteiger partial charge in [-0.3, -0.25) is 28.6 Å². The average Bonchev–Trinajstić information content (AvgIpc) is 3.46. The van der Waals surface area contributed by atoms with Crippen molar-refractivity contribution in [2.45, 2.75) is 56.1 Å². The van der Waals surface area contributed by atoms with Gasteiger partial charge in [-0.25, -0.2) is 9.97 Å². The summed E-state index contributed by atoms with van der Waals surface area (Å²) in [6.07, 6.45) is 3.21. The Morgan fingerprint density at radius 3 is 2.35 bits per heavy atom. The highest BCUT2D eigenvalue weighted by atomic mass is 35.5. The maximum absolute atomic E-state index is 13.4. The van der Waals surface area contributed by atoms with Gasteiger partial charge < -0.3 is 26.3 Å². The van der Waals surface area contributed by atoms with Crippen LogP contribution >= 0.6 is 22.9 Å². The molecule has 3 heterocycles. The molecule has 6 N–H and O–H groups in total. The summed E-state index contributed by atoms with van der Waals surface area (Å²) in [5, 5.41) is 3.70. The van der Waals surface area contributed by atoms with Gasteiger partial charge in [-0.1, -0.05) is 29.3 Å². The quantitative estimate of drug-likeness (QED) is 0.244. The van der Waals surface area contributed by atoms with Crippen LogP contribution in [-0.4, -0.2) is 102 Å². The van der Waals surface area contributed by atoms with Crippen molar-refractivity contribution in [3.63, 3.8) is 0 Å². The first-order chi connectivity index (χ1) is 22.5. The topological polar surface area (TPSA) is 228 Å². The third-order valence-corrected chi connectivity index (χ3v) is 10.2. The highest BCUT2D eigenvalue weighted by molar-refractivity contribution is 7.85. The number of fused-ring (bicyclic) bond motifs is 1. The number of halogens is 1. The molecule has 1 aromatic carbocycles. The third-order valence-electron chi connectivity index (χ3n) is 8.08. The van der Waals surface area contributed by atoms with Crippen LogP contribution in [0.4, 0.5) is 5.82 Å². The molecule has 0 unspecified atom stereocenters. The number of benzene rings is 1. The van der Waals surface area contributed by atoms with Gasteiger partial charge in [-0.2, -0.15) is 8.42 Å². The van der Waals surface area contributed by atoms with E-state index in [4.69, 9.17) is 21.9 Å². The van der Waals surface area contributed by atoms with E-state index in [0.29, 0.717) is 22.9 Å². The standard InChI is InChI=1S/C24H30ClN7O4S.C7H8O3S.H2O/c1-30(2)23(35)13-4-6-17(32(24(36)20(26)33)19-7-5-14(25)11-27-19)16(10-13)28-21(34)22-29-15-8-9-31(3)12-18(15)37-22;1-6-2-4-7(5-3-6)11(8,9)10;/h5,7,11,13,16-17H,4,6,8-10,12H2,1-3H3,(H2,26,33)(H,28,34);2-5H,1H3,(H,8,9,10);1H2/t13-,16+,17-;;/m0../s1. The Bertz CT molecular complexity index is 1770. The van der Waals surface area contributed by atoms with E-state index in [0.717, 1.165) is 35.6 Å². The SMILES string of the molecule is CN1CCc2nc(C(=O)N[C@@H]3C[C@@H](C(=O)N(C)C)CC[C@@H]3N(C(=O)C(N)=O)c3ccc(Cl)cn3)sc2C1.Cc1ccc(S(=O)(=O)O)cc1.O. The molecule has 49 heavy (non-hydrogen) atoms. The molecular weight excluding hydrogens is 698 g/mol. The number of hydrogen-bond acceptors (Lipinski definition) is 10. The van der Waals surface area contributed by atoms with E-state index in [9.17, 15) is 27.6 Å². The fraction of sp³-hybridized carbons (Fsp3) is 0.419. The molecule has 0 radical (unpaired) electrons. The van der Waals surface area contributed by atoms with Gasteiger partial charge in [0.25, 0.3) is 16.0 Å². The number of nitrogens with zero attached hydrogens (tertiary/aromatic N) is 5. The molecule has 0 spiro atoms. The van der Waals surface area contributed by atoms with Gasteiger partial charge in [-0.15, -0.1) is 11.3 Å². The van der Waals surface area contributed by atoms with Crippen molar-refractivity contribution in [3.05, 3.63) is 68.8 Å². The number of pyridine rings is 1. The van der Waals surface area contributed by atoms with Crippen LogP contribution in [0.25, 0.3) is 0 Å². The number of rotatable bonds is 6. The van der Waals surface area contributed by atoms with Crippen LogP contribution in [0.3, 0.4) is 0 Å². The number of carbonyl (C=O) groups is 4. The lowest BCUT2D eigenvalue weighted by Crippen LogP contribution is -2.59.